The molecule has 0 saturated carbocycles. The number of oxime groups is 1. The quantitative estimate of drug-likeness (QED) is 0.346. The van der Waals surface area contributed by atoms with Gasteiger partial charge in [-0.05, 0) is 12.5 Å². The van der Waals surface area contributed by atoms with E-state index in [0.29, 0.717) is 12.1 Å². The Morgan fingerprint density at radius 1 is 1.82 bits per heavy atom. The molecule has 0 amide bonds. The fourth-order valence-corrected chi connectivity index (χ4v) is 0.851. The molecule has 0 aromatic carbocycles. The summed E-state index contributed by atoms with van der Waals surface area (Å²) >= 11 is 0. The molecule has 0 saturated heterocycles. The van der Waals surface area contributed by atoms with Gasteiger partial charge in [0.1, 0.15) is 0 Å². The minimum absolute atomic E-state index is 0.0196. The van der Waals surface area contributed by atoms with Gasteiger partial charge in [0.25, 0.3) is 0 Å². The van der Waals surface area contributed by atoms with E-state index in [1.807, 2.05) is 0 Å². The molecule has 0 bridgehead atoms. The van der Waals surface area contributed by atoms with Crippen LogP contribution in [0.15, 0.2) is 21.9 Å². The maximum atomic E-state index is 8.69. The van der Waals surface area contributed by atoms with Crippen LogP contribution in [0.25, 0.3) is 0 Å². The third-order valence-electron chi connectivity index (χ3n) is 1.57. The van der Waals surface area contributed by atoms with Crippen LogP contribution in [0.2, 0.25) is 0 Å². The van der Waals surface area contributed by atoms with Crippen molar-refractivity contribution >= 4 is 11.4 Å². The topological polar surface area (TPSA) is 65.2 Å². The number of aliphatic imine (C=N–C) groups is 1. The molecule has 0 aliphatic carbocycles. The van der Waals surface area contributed by atoms with Gasteiger partial charge in [0.05, 0.1) is 18.0 Å². The van der Waals surface area contributed by atoms with Gasteiger partial charge in [0.2, 0.25) is 0 Å². The van der Waals surface area contributed by atoms with Crippen LogP contribution in [0.1, 0.15) is 13.3 Å². The van der Waals surface area contributed by atoms with Crippen molar-refractivity contribution in [3.05, 3.63) is 11.8 Å². The Kier molecular flexibility index (Phi) is 2.38. The molecule has 4 heteroatoms. The number of aliphatic hydroxyl groups is 1. The summed E-state index contributed by atoms with van der Waals surface area (Å²) < 4.78 is 0. The van der Waals surface area contributed by atoms with Crippen molar-refractivity contribution in [3.63, 3.8) is 0 Å². The molecular weight excluding hydrogens is 144 g/mol. The minimum Gasteiger partial charge on any atom is -0.411 e. The molecule has 1 rings (SSSR count). The van der Waals surface area contributed by atoms with E-state index >= 15 is 0 Å². The monoisotopic (exact) mass is 154 g/mol. The average molecular weight is 154 g/mol. The van der Waals surface area contributed by atoms with Crippen LogP contribution in [-0.2, 0) is 0 Å². The molecule has 11 heavy (non-hydrogen) atoms. The molecule has 0 fully saturated rings. The van der Waals surface area contributed by atoms with E-state index in [0.717, 1.165) is 11.3 Å². The van der Waals surface area contributed by atoms with E-state index in [9.17, 15) is 0 Å². The number of nitrogens with zero attached hydrogens (tertiary/aromatic N) is 2. The number of hydrogen-bond donors (Lipinski definition) is 2. The molecule has 0 radical (unpaired) electrons. The summed E-state index contributed by atoms with van der Waals surface area (Å²) in [5.41, 5.74) is 2.07. The van der Waals surface area contributed by atoms with Gasteiger partial charge >= 0.3 is 0 Å². The molecule has 0 aromatic rings. The summed E-state index contributed by atoms with van der Waals surface area (Å²) in [5, 5.41) is 20.1. The van der Waals surface area contributed by atoms with Crippen LogP contribution in [-0.4, -0.2) is 28.3 Å². The summed E-state index contributed by atoms with van der Waals surface area (Å²) in [4.78, 5) is 3.96. The highest BCUT2D eigenvalue weighted by atomic mass is 16.4. The molecule has 60 valence electrons. The van der Waals surface area contributed by atoms with Crippen molar-refractivity contribution in [2.45, 2.75) is 13.3 Å². The van der Waals surface area contributed by atoms with Crippen molar-refractivity contribution in [1.82, 2.24) is 0 Å². The minimum atomic E-state index is 0.0196. The Bertz CT molecular complexity index is 241. The first-order chi connectivity index (χ1) is 5.27. The predicted molar refractivity (Wildman–Crippen MR) is 42.1 cm³/mol. The van der Waals surface area contributed by atoms with E-state index < -0.39 is 0 Å². The van der Waals surface area contributed by atoms with Gasteiger partial charge in [-0.15, -0.1) is 0 Å². The smallest absolute Gasteiger partial charge is 0.0982 e. The maximum absolute atomic E-state index is 8.69. The third-order valence-corrected chi connectivity index (χ3v) is 1.57. The lowest BCUT2D eigenvalue weighted by Crippen LogP contribution is -2.08. The second-order valence-electron chi connectivity index (χ2n) is 2.38. The standard InChI is InChI=1S/C7H10N2O2/c1-5(9-11)7-2-6(4-10)3-8-7/h3,10-11H,2,4H2,1H3/b9-5-. The summed E-state index contributed by atoms with van der Waals surface area (Å²) in [6.45, 7) is 1.69. The molecule has 0 atom stereocenters. The van der Waals surface area contributed by atoms with Crippen molar-refractivity contribution in [2.75, 3.05) is 6.61 Å². The van der Waals surface area contributed by atoms with Gasteiger partial charge in [-0.25, -0.2) is 0 Å². The van der Waals surface area contributed by atoms with E-state index in [-0.39, 0.29) is 6.61 Å². The van der Waals surface area contributed by atoms with Gasteiger partial charge in [0, 0.05) is 12.6 Å². The summed E-state index contributed by atoms with van der Waals surface area (Å²) in [7, 11) is 0. The lowest BCUT2D eigenvalue weighted by Gasteiger charge is -1.96. The lowest BCUT2D eigenvalue weighted by molar-refractivity contribution is 0.319. The molecule has 0 spiro atoms. The van der Waals surface area contributed by atoms with Crippen molar-refractivity contribution in [1.29, 1.82) is 0 Å². The first-order valence-electron chi connectivity index (χ1n) is 3.32. The van der Waals surface area contributed by atoms with Crippen molar-refractivity contribution in [3.8, 4) is 0 Å². The first-order valence-corrected chi connectivity index (χ1v) is 3.32. The fraction of sp³-hybridized carbons (Fsp3) is 0.429. The zero-order chi connectivity index (χ0) is 8.27. The molecular formula is C7H10N2O2. The molecule has 1 aliphatic heterocycles. The molecule has 1 heterocycles. The highest BCUT2D eigenvalue weighted by Gasteiger charge is 2.11. The van der Waals surface area contributed by atoms with Crippen LogP contribution < -0.4 is 0 Å². The number of rotatable bonds is 2. The van der Waals surface area contributed by atoms with Gasteiger partial charge < -0.3 is 10.3 Å². The first kappa shape index (κ1) is 7.94. The molecule has 0 unspecified atom stereocenters. The van der Waals surface area contributed by atoms with Crippen LogP contribution in [0.3, 0.4) is 0 Å². The third kappa shape index (κ3) is 1.65. The van der Waals surface area contributed by atoms with Crippen LogP contribution in [0, 0.1) is 0 Å². The van der Waals surface area contributed by atoms with Gasteiger partial charge in [-0.2, -0.15) is 0 Å². The summed E-state index contributed by atoms with van der Waals surface area (Å²) in [6.07, 6.45) is 2.19. The largest absolute Gasteiger partial charge is 0.411 e. The lowest BCUT2D eigenvalue weighted by atomic mass is 10.1. The predicted octanol–water partition coefficient (Wildman–Crippen LogP) is 0.557. The van der Waals surface area contributed by atoms with Crippen LogP contribution in [0.5, 0.6) is 0 Å². The number of aliphatic hydroxyl groups excluding tert-OH is 1. The zero-order valence-electron chi connectivity index (χ0n) is 6.28. The Labute approximate surface area is 64.6 Å². The van der Waals surface area contributed by atoms with E-state index in [4.69, 9.17) is 10.3 Å². The van der Waals surface area contributed by atoms with Crippen molar-refractivity contribution in [2.24, 2.45) is 10.1 Å². The Morgan fingerprint density at radius 3 is 3.00 bits per heavy atom. The molecule has 2 N–H and O–H groups in total. The van der Waals surface area contributed by atoms with Gasteiger partial charge in [0.15, 0.2) is 0 Å². The Hall–Kier alpha value is -1.16. The molecule has 0 aromatic heterocycles. The van der Waals surface area contributed by atoms with Crippen molar-refractivity contribution < 1.29 is 10.3 Å². The SMILES string of the molecule is C/C(=N/O)C1=NC=C(CO)C1. The van der Waals surface area contributed by atoms with Gasteiger partial charge in [-0.3, -0.25) is 4.99 Å². The molecule has 4 nitrogen and oxygen atoms in total. The summed E-state index contributed by atoms with van der Waals surface area (Å²) in [5.74, 6) is 0. The highest BCUT2D eigenvalue weighted by Crippen LogP contribution is 2.11. The van der Waals surface area contributed by atoms with Gasteiger partial charge in [-0.1, -0.05) is 5.16 Å². The second kappa shape index (κ2) is 3.30. The fourth-order valence-electron chi connectivity index (χ4n) is 0.851. The van der Waals surface area contributed by atoms with E-state index in [1.165, 1.54) is 0 Å². The second-order valence-corrected chi connectivity index (χ2v) is 2.38. The Morgan fingerprint density at radius 2 is 2.55 bits per heavy atom. The van der Waals surface area contributed by atoms with E-state index in [2.05, 4.69) is 10.1 Å². The maximum Gasteiger partial charge on any atom is 0.0982 e. The number of hydrogen-bond acceptors (Lipinski definition) is 4. The highest BCUT2D eigenvalue weighted by molar-refractivity contribution is 6.42. The van der Waals surface area contributed by atoms with E-state index in [1.54, 1.807) is 13.1 Å². The summed E-state index contributed by atoms with van der Waals surface area (Å²) in [6, 6.07) is 0. The normalized spacial score (nSPS) is 18.2. The van der Waals surface area contributed by atoms with Crippen LogP contribution >= 0.6 is 0 Å². The average Bonchev–Trinajstić information content (AvgIpc) is 2.50. The molecule has 1 aliphatic rings. The Balaban J connectivity index is 2.59. The van der Waals surface area contributed by atoms with Crippen LogP contribution in [0.4, 0.5) is 0 Å². The zero-order valence-corrected chi connectivity index (χ0v) is 6.28.